The molecule has 0 aliphatic carbocycles. The summed E-state index contributed by atoms with van der Waals surface area (Å²) in [5, 5.41) is 5.42. The minimum Gasteiger partial charge on any atom is -0.488 e. The van der Waals surface area contributed by atoms with E-state index >= 15 is 0 Å². The number of hydrogen-bond donors (Lipinski definition) is 0. The third kappa shape index (κ3) is 4.77. The Morgan fingerprint density at radius 3 is 2.83 bits per heavy atom. The fourth-order valence-electron chi connectivity index (χ4n) is 2.77. The predicted octanol–water partition coefficient (Wildman–Crippen LogP) is 5.77. The van der Waals surface area contributed by atoms with Gasteiger partial charge in [-0.15, -0.1) is 0 Å². The first-order valence-corrected chi connectivity index (χ1v) is 10.4. The molecule has 3 rings (SSSR count). The van der Waals surface area contributed by atoms with Crippen molar-refractivity contribution in [1.29, 1.82) is 0 Å². The second-order valence-corrected chi connectivity index (χ2v) is 7.91. The highest BCUT2D eigenvalue weighted by Crippen LogP contribution is 2.25. The fourth-order valence-corrected chi connectivity index (χ4v) is 3.37. The van der Waals surface area contributed by atoms with Crippen LogP contribution in [0.3, 0.4) is 0 Å². The molecule has 0 aliphatic heterocycles. The zero-order valence-corrected chi connectivity index (χ0v) is 18.6. The maximum absolute atomic E-state index is 13.1. The van der Waals surface area contributed by atoms with Gasteiger partial charge in [-0.1, -0.05) is 54.0 Å². The van der Waals surface area contributed by atoms with Crippen LogP contribution in [0.1, 0.15) is 37.6 Å². The summed E-state index contributed by atoms with van der Waals surface area (Å²) in [6.45, 7) is 8.08. The lowest BCUT2D eigenvalue weighted by Gasteiger charge is -2.14. The van der Waals surface area contributed by atoms with E-state index in [4.69, 9.17) is 21.3 Å². The smallest absolute Gasteiger partial charge is 0.282 e. The van der Waals surface area contributed by atoms with Gasteiger partial charge in [0, 0.05) is 10.4 Å². The summed E-state index contributed by atoms with van der Waals surface area (Å²) in [5.74, 6) is 1.27. The standard InChI is InChI=1S/C22H21BrClN3O2/c1-4-10-29-20-9-6-15(11-18(20)24)13-25-27-21(14(3)5-2)26-19-8-7-16(23)12-17(19)22(27)28/h4,6-9,11-14H,1,5,10H2,2-3H3/t14-/m1/s1. The molecule has 0 fully saturated rings. The van der Waals surface area contributed by atoms with Crippen molar-refractivity contribution < 1.29 is 4.74 Å². The van der Waals surface area contributed by atoms with Gasteiger partial charge in [0.25, 0.3) is 5.56 Å². The molecule has 3 aromatic rings. The van der Waals surface area contributed by atoms with Crippen LogP contribution in [-0.2, 0) is 0 Å². The number of benzene rings is 2. The van der Waals surface area contributed by atoms with E-state index in [0.717, 1.165) is 16.5 Å². The zero-order valence-electron chi connectivity index (χ0n) is 16.2. The summed E-state index contributed by atoms with van der Waals surface area (Å²) in [7, 11) is 0. The largest absolute Gasteiger partial charge is 0.488 e. The molecule has 5 nitrogen and oxygen atoms in total. The Morgan fingerprint density at radius 1 is 1.34 bits per heavy atom. The summed E-state index contributed by atoms with van der Waals surface area (Å²) in [6, 6.07) is 10.8. The number of ether oxygens (including phenoxy) is 1. The minimum atomic E-state index is -0.208. The highest BCUT2D eigenvalue weighted by atomic mass is 79.9. The van der Waals surface area contributed by atoms with Crippen molar-refractivity contribution in [2.24, 2.45) is 5.10 Å². The Balaban J connectivity index is 2.06. The van der Waals surface area contributed by atoms with E-state index in [1.807, 2.05) is 25.1 Å². The summed E-state index contributed by atoms with van der Waals surface area (Å²) < 4.78 is 7.67. The van der Waals surface area contributed by atoms with E-state index in [2.05, 4.69) is 34.5 Å². The third-order valence-corrected chi connectivity index (χ3v) is 5.31. The Hall–Kier alpha value is -2.44. The molecule has 1 aromatic heterocycles. The number of nitrogens with zero attached hydrogens (tertiary/aromatic N) is 3. The first-order valence-electron chi connectivity index (χ1n) is 9.24. The second kappa shape index (κ2) is 9.37. The molecule has 0 radical (unpaired) electrons. The van der Waals surface area contributed by atoms with Crippen molar-refractivity contribution in [2.75, 3.05) is 6.61 Å². The SMILES string of the molecule is C=CCOc1ccc(C=Nn2c([C@H](C)CC)nc3ccc(Br)cc3c2=O)cc1Cl. The number of halogens is 2. The first-order chi connectivity index (χ1) is 13.9. The molecule has 7 heteroatoms. The van der Waals surface area contributed by atoms with Gasteiger partial charge < -0.3 is 4.74 Å². The van der Waals surface area contributed by atoms with Crippen LogP contribution in [0, 0.1) is 0 Å². The van der Waals surface area contributed by atoms with Gasteiger partial charge >= 0.3 is 0 Å². The first kappa shape index (κ1) is 21.3. The van der Waals surface area contributed by atoms with Crippen LogP contribution in [0.2, 0.25) is 5.02 Å². The second-order valence-electron chi connectivity index (χ2n) is 6.59. The average molecular weight is 475 g/mol. The molecule has 1 heterocycles. The number of fused-ring (bicyclic) bond motifs is 1. The average Bonchev–Trinajstić information content (AvgIpc) is 2.72. The number of aromatic nitrogens is 2. The summed E-state index contributed by atoms with van der Waals surface area (Å²) in [5.41, 5.74) is 1.20. The Bertz CT molecular complexity index is 1140. The third-order valence-electron chi connectivity index (χ3n) is 4.52. The van der Waals surface area contributed by atoms with Gasteiger partial charge in [-0.25, -0.2) is 4.98 Å². The maximum atomic E-state index is 13.1. The summed E-state index contributed by atoms with van der Waals surface area (Å²) in [6.07, 6.45) is 4.09. The maximum Gasteiger partial charge on any atom is 0.282 e. The molecular weight excluding hydrogens is 454 g/mol. The van der Waals surface area contributed by atoms with Crippen molar-refractivity contribution in [3.8, 4) is 5.75 Å². The molecule has 2 aromatic carbocycles. The van der Waals surface area contributed by atoms with Crippen molar-refractivity contribution in [3.63, 3.8) is 0 Å². The Labute approximate surface area is 182 Å². The van der Waals surface area contributed by atoms with Gasteiger partial charge in [0.05, 0.1) is 22.1 Å². The van der Waals surface area contributed by atoms with Gasteiger partial charge in [0.2, 0.25) is 0 Å². The molecule has 0 spiro atoms. The van der Waals surface area contributed by atoms with Crippen molar-refractivity contribution in [1.82, 2.24) is 9.66 Å². The van der Waals surface area contributed by atoms with Crippen LogP contribution in [-0.4, -0.2) is 22.5 Å². The van der Waals surface area contributed by atoms with Crippen molar-refractivity contribution in [3.05, 3.63) is 80.3 Å². The minimum absolute atomic E-state index is 0.0752. The lowest BCUT2D eigenvalue weighted by atomic mass is 10.1. The molecule has 0 amide bonds. The fraction of sp³-hybridized carbons (Fsp3) is 0.227. The predicted molar refractivity (Wildman–Crippen MR) is 123 cm³/mol. The molecule has 0 saturated heterocycles. The number of hydrogen-bond acceptors (Lipinski definition) is 4. The Kier molecular flexibility index (Phi) is 6.87. The Morgan fingerprint density at radius 2 is 2.14 bits per heavy atom. The summed E-state index contributed by atoms with van der Waals surface area (Å²) >= 11 is 9.68. The van der Waals surface area contributed by atoms with Crippen molar-refractivity contribution >= 4 is 44.6 Å². The van der Waals surface area contributed by atoms with Gasteiger partial charge in [0.1, 0.15) is 18.2 Å². The molecule has 0 bridgehead atoms. The van der Waals surface area contributed by atoms with Gasteiger partial charge in [-0.3, -0.25) is 4.79 Å². The van der Waals surface area contributed by atoms with E-state index in [-0.39, 0.29) is 11.5 Å². The topological polar surface area (TPSA) is 56.5 Å². The van der Waals surface area contributed by atoms with Gasteiger partial charge in [-0.05, 0) is 48.4 Å². The van der Waals surface area contributed by atoms with Crippen LogP contribution in [0.5, 0.6) is 5.75 Å². The molecular formula is C22H21BrClN3O2. The van der Waals surface area contributed by atoms with Crippen LogP contribution >= 0.6 is 27.5 Å². The van der Waals surface area contributed by atoms with Gasteiger partial charge in [0.15, 0.2) is 0 Å². The van der Waals surface area contributed by atoms with E-state index in [1.54, 1.807) is 30.5 Å². The highest BCUT2D eigenvalue weighted by Gasteiger charge is 2.15. The van der Waals surface area contributed by atoms with E-state index < -0.39 is 0 Å². The van der Waals surface area contributed by atoms with E-state index in [0.29, 0.717) is 34.1 Å². The van der Waals surface area contributed by atoms with Crippen LogP contribution in [0.15, 0.2) is 63.4 Å². The quantitative estimate of drug-likeness (QED) is 0.322. The van der Waals surface area contributed by atoms with Crippen LogP contribution < -0.4 is 10.3 Å². The molecule has 0 N–H and O–H groups in total. The van der Waals surface area contributed by atoms with Gasteiger partial charge in [-0.2, -0.15) is 9.78 Å². The zero-order chi connectivity index (χ0) is 21.0. The molecule has 0 aliphatic rings. The molecule has 1 atom stereocenters. The van der Waals surface area contributed by atoms with Crippen LogP contribution in [0.4, 0.5) is 0 Å². The number of rotatable bonds is 7. The van der Waals surface area contributed by atoms with Crippen molar-refractivity contribution in [2.45, 2.75) is 26.2 Å². The normalized spacial score (nSPS) is 12.4. The molecule has 150 valence electrons. The summed E-state index contributed by atoms with van der Waals surface area (Å²) in [4.78, 5) is 17.8. The molecule has 29 heavy (non-hydrogen) atoms. The lowest BCUT2D eigenvalue weighted by Crippen LogP contribution is -2.23. The molecule has 0 saturated carbocycles. The lowest BCUT2D eigenvalue weighted by molar-refractivity contribution is 0.363. The van der Waals surface area contributed by atoms with E-state index in [1.165, 1.54) is 4.68 Å². The van der Waals surface area contributed by atoms with Crippen LogP contribution in [0.25, 0.3) is 10.9 Å². The van der Waals surface area contributed by atoms with E-state index in [9.17, 15) is 4.79 Å². The monoisotopic (exact) mass is 473 g/mol. The molecule has 0 unspecified atom stereocenters. The highest BCUT2D eigenvalue weighted by molar-refractivity contribution is 9.10.